The molecule has 4 N–H and O–H groups in total. The molecule has 0 aliphatic carbocycles. The number of nitrogen functional groups attached to an aromatic ring is 1. The number of aliphatic hydroxyl groups is 1. The first-order valence-corrected chi connectivity index (χ1v) is 14.5. The predicted octanol–water partition coefficient (Wildman–Crippen LogP) is 2.93. The maximum atomic E-state index is 16.0. The van der Waals surface area contributed by atoms with Crippen molar-refractivity contribution in [1.82, 2.24) is 24.6 Å². The topological polar surface area (TPSA) is 182 Å². The number of nitrogens with zero attached hydrogens (tertiary/aromatic N) is 4. The standard InChI is InChI=1S/C25H34FN6O8P/c1-6-36-21-18-20(29-24(27)30-21)32(13-28-18)23-25(5,26)19(33)17(39-23)12-37-41(35,40-16-10-8-7-9-11-16)31-15(4)22(34)38-14(2)3/h7-11,13-15,17,19,23,33H,6,12H2,1-5H3,(H,31,35)(H2,27,29,30)/t15?,17?,19-,23?,25-,41?/m1/s1. The van der Waals surface area contributed by atoms with E-state index in [0.29, 0.717) is 0 Å². The minimum atomic E-state index is -4.29. The maximum absolute atomic E-state index is 16.0. The van der Waals surface area contributed by atoms with Crippen LogP contribution in [-0.4, -0.2) is 73.8 Å². The molecule has 41 heavy (non-hydrogen) atoms. The molecule has 2 aromatic heterocycles. The largest absolute Gasteiger partial charge is 0.476 e. The number of rotatable bonds is 12. The van der Waals surface area contributed by atoms with E-state index in [4.69, 9.17) is 29.0 Å². The van der Waals surface area contributed by atoms with Crippen LogP contribution in [0.5, 0.6) is 11.6 Å². The molecule has 3 heterocycles. The first-order chi connectivity index (χ1) is 19.3. The van der Waals surface area contributed by atoms with Gasteiger partial charge in [0.15, 0.2) is 23.1 Å². The number of nitrogens with two attached hydrogens (primary N) is 1. The number of anilines is 1. The minimum absolute atomic E-state index is 0.114. The van der Waals surface area contributed by atoms with Gasteiger partial charge in [-0.25, -0.2) is 13.9 Å². The fourth-order valence-electron chi connectivity index (χ4n) is 4.17. The summed E-state index contributed by atoms with van der Waals surface area (Å²) in [7, 11) is -4.29. The second kappa shape index (κ2) is 12.2. The number of carbonyl (C=O) groups excluding carboxylic acids is 1. The number of aliphatic hydroxyl groups excluding tert-OH is 1. The Morgan fingerprint density at radius 1 is 1.29 bits per heavy atom. The van der Waals surface area contributed by atoms with Crippen LogP contribution in [0.4, 0.5) is 10.3 Å². The SMILES string of the molecule is CCOc1nc(N)nc2c1ncn2C1OC(COP(=O)(NC(C)C(=O)OC(C)C)Oc2ccccc2)[C@@H](O)[C@@]1(C)F. The number of hydrogen-bond donors (Lipinski definition) is 3. The van der Waals surface area contributed by atoms with Crippen molar-refractivity contribution in [3.63, 3.8) is 0 Å². The minimum Gasteiger partial charge on any atom is -0.476 e. The molecular formula is C25H34FN6O8P. The third kappa shape index (κ3) is 6.76. The van der Waals surface area contributed by atoms with Gasteiger partial charge in [0.1, 0.15) is 24.0 Å². The molecule has 1 aromatic carbocycles. The van der Waals surface area contributed by atoms with E-state index in [0.717, 1.165) is 6.92 Å². The summed E-state index contributed by atoms with van der Waals surface area (Å²) < 4.78 is 58.8. The smallest absolute Gasteiger partial charge is 0.459 e. The summed E-state index contributed by atoms with van der Waals surface area (Å²) in [4.78, 5) is 24.8. The Labute approximate surface area is 235 Å². The van der Waals surface area contributed by atoms with Crippen molar-refractivity contribution in [3.8, 4) is 11.6 Å². The molecule has 0 spiro atoms. The highest BCUT2D eigenvalue weighted by Crippen LogP contribution is 2.48. The molecule has 1 aliphatic heterocycles. The second-order valence-corrected chi connectivity index (χ2v) is 11.5. The van der Waals surface area contributed by atoms with Gasteiger partial charge in [-0.05, 0) is 46.8 Å². The number of esters is 1. The van der Waals surface area contributed by atoms with Gasteiger partial charge >= 0.3 is 13.7 Å². The van der Waals surface area contributed by atoms with Crippen LogP contribution in [0.25, 0.3) is 11.2 Å². The number of benzene rings is 1. The molecule has 224 valence electrons. The number of alkyl halides is 1. The van der Waals surface area contributed by atoms with Gasteiger partial charge < -0.3 is 29.6 Å². The fraction of sp³-hybridized carbons (Fsp3) is 0.520. The summed E-state index contributed by atoms with van der Waals surface area (Å²) >= 11 is 0. The number of ether oxygens (including phenoxy) is 3. The van der Waals surface area contributed by atoms with E-state index in [1.165, 1.54) is 17.8 Å². The Kier molecular flexibility index (Phi) is 9.14. The molecular weight excluding hydrogens is 562 g/mol. The lowest BCUT2D eigenvalue weighted by Crippen LogP contribution is -2.41. The Hall–Kier alpha value is -3.36. The van der Waals surface area contributed by atoms with Gasteiger partial charge in [-0.1, -0.05) is 18.2 Å². The zero-order valence-electron chi connectivity index (χ0n) is 23.3. The molecule has 6 atom stereocenters. The van der Waals surface area contributed by atoms with Crippen LogP contribution in [0.1, 0.15) is 40.8 Å². The fourth-order valence-corrected chi connectivity index (χ4v) is 5.67. The molecule has 0 radical (unpaired) electrons. The van der Waals surface area contributed by atoms with Crippen LogP contribution in [0, 0.1) is 0 Å². The van der Waals surface area contributed by atoms with Crippen LogP contribution < -0.4 is 20.1 Å². The van der Waals surface area contributed by atoms with Crippen LogP contribution in [0.3, 0.4) is 0 Å². The molecule has 4 rings (SSSR count). The zero-order chi connectivity index (χ0) is 29.9. The average Bonchev–Trinajstić information content (AvgIpc) is 3.41. The molecule has 14 nitrogen and oxygen atoms in total. The van der Waals surface area contributed by atoms with Gasteiger partial charge in [0.05, 0.1) is 25.6 Å². The average molecular weight is 597 g/mol. The Bertz CT molecular complexity index is 1410. The van der Waals surface area contributed by atoms with E-state index in [1.807, 2.05) is 0 Å². The molecule has 1 fully saturated rings. The Morgan fingerprint density at radius 2 is 2.00 bits per heavy atom. The van der Waals surface area contributed by atoms with Crippen molar-refractivity contribution < 1.29 is 42.1 Å². The van der Waals surface area contributed by atoms with Gasteiger partial charge in [0.25, 0.3) is 0 Å². The van der Waals surface area contributed by atoms with E-state index < -0.39 is 56.6 Å². The summed E-state index contributed by atoms with van der Waals surface area (Å²) in [6.45, 7) is 7.38. The van der Waals surface area contributed by atoms with Crippen molar-refractivity contribution in [2.75, 3.05) is 18.9 Å². The number of hydrogen-bond acceptors (Lipinski definition) is 12. The van der Waals surface area contributed by atoms with Gasteiger partial charge in [-0.3, -0.25) is 13.9 Å². The Morgan fingerprint density at radius 3 is 2.66 bits per heavy atom. The highest BCUT2D eigenvalue weighted by Gasteiger charge is 2.56. The second-order valence-electron chi connectivity index (χ2n) is 9.80. The number of imidazole rings is 1. The maximum Gasteiger partial charge on any atom is 0.459 e. The summed E-state index contributed by atoms with van der Waals surface area (Å²) in [5.41, 5.74) is 3.79. The summed E-state index contributed by atoms with van der Waals surface area (Å²) in [5.74, 6) is -0.519. The third-order valence-electron chi connectivity index (χ3n) is 6.09. The summed E-state index contributed by atoms with van der Waals surface area (Å²) in [5, 5.41) is 13.4. The number of fused-ring (bicyclic) bond motifs is 1. The van der Waals surface area contributed by atoms with Gasteiger partial charge in [-0.2, -0.15) is 15.1 Å². The van der Waals surface area contributed by atoms with Crippen molar-refractivity contribution in [2.24, 2.45) is 0 Å². The normalized spacial score (nSPS) is 24.7. The van der Waals surface area contributed by atoms with Crippen LogP contribution in [0.2, 0.25) is 0 Å². The molecule has 0 bridgehead atoms. The summed E-state index contributed by atoms with van der Waals surface area (Å²) in [6, 6.07) is 7.03. The lowest BCUT2D eigenvalue weighted by Gasteiger charge is -2.25. The molecule has 3 aromatic rings. The molecule has 4 unspecified atom stereocenters. The molecule has 1 saturated heterocycles. The van der Waals surface area contributed by atoms with Gasteiger partial charge in [0, 0.05) is 0 Å². The zero-order valence-corrected chi connectivity index (χ0v) is 24.2. The number of para-hydroxylation sites is 1. The van der Waals surface area contributed by atoms with E-state index >= 15 is 4.39 Å². The van der Waals surface area contributed by atoms with Crippen molar-refractivity contribution >= 4 is 30.8 Å². The molecule has 16 heteroatoms. The van der Waals surface area contributed by atoms with Crippen LogP contribution in [-0.2, 0) is 23.4 Å². The van der Waals surface area contributed by atoms with Crippen LogP contribution >= 0.6 is 7.75 Å². The first-order valence-electron chi connectivity index (χ1n) is 13.0. The highest BCUT2D eigenvalue weighted by molar-refractivity contribution is 7.52. The highest BCUT2D eigenvalue weighted by atomic mass is 31.2. The van der Waals surface area contributed by atoms with E-state index in [1.54, 1.807) is 51.1 Å². The Balaban J connectivity index is 1.56. The number of aromatic nitrogens is 4. The van der Waals surface area contributed by atoms with Crippen molar-refractivity contribution in [1.29, 1.82) is 0 Å². The van der Waals surface area contributed by atoms with E-state index in [9.17, 15) is 14.5 Å². The van der Waals surface area contributed by atoms with E-state index in [-0.39, 0.29) is 35.3 Å². The van der Waals surface area contributed by atoms with Crippen LogP contribution in [0.15, 0.2) is 36.7 Å². The predicted molar refractivity (Wildman–Crippen MR) is 145 cm³/mol. The third-order valence-corrected chi connectivity index (χ3v) is 7.74. The number of halogens is 1. The quantitative estimate of drug-likeness (QED) is 0.205. The lowest BCUT2D eigenvalue weighted by atomic mass is 9.98. The number of carbonyl (C=O) groups is 1. The van der Waals surface area contributed by atoms with Gasteiger partial charge in [-0.15, -0.1) is 0 Å². The van der Waals surface area contributed by atoms with Crippen molar-refractivity contribution in [2.45, 2.75) is 70.9 Å². The lowest BCUT2D eigenvalue weighted by molar-refractivity contribution is -0.149. The number of nitrogens with one attached hydrogen (secondary N) is 1. The monoisotopic (exact) mass is 596 g/mol. The first kappa shape index (κ1) is 30.6. The molecule has 0 saturated carbocycles. The van der Waals surface area contributed by atoms with E-state index in [2.05, 4.69) is 20.0 Å². The van der Waals surface area contributed by atoms with Crippen molar-refractivity contribution in [3.05, 3.63) is 36.7 Å². The molecule has 1 aliphatic rings. The molecule has 0 amide bonds. The van der Waals surface area contributed by atoms with Gasteiger partial charge in [0.2, 0.25) is 11.8 Å². The summed E-state index contributed by atoms with van der Waals surface area (Å²) in [6.07, 6.45) is -3.61.